The minimum atomic E-state index is -3.67. The molecule has 0 unspecified atom stereocenters. The number of sulfonamides is 1. The van der Waals surface area contributed by atoms with E-state index in [2.05, 4.69) is 15.5 Å². The maximum atomic E-state index is 13.5. The number of anilines is 2. The minimum Gasteiger partial charge on any atom is -0.371 e. The summed E-state index contributed by atoms with van der Waals surface area (Å²) in [6, 6.07) is 12.0. The molecule has 5 rings (SSSR count). The topological polar surface area (TPSA) is 98.8 Å². The van der Waals surface area contributed by atoms with E-state index in [1.54, 1.807) is 36.4 Å². The lowest BCUT2D eigenvalue weighted by molar-refractivity contribution is 0.0949. The Bertz CT molecular complexity index is 1210. The molecule has 2 aromatic carbocycles. The molecule has 2 saturated heterocycles. The SMILES string of the molecule is O=C(NC1CC1)c1cccc(NC(=O)c2cc(S(=O)(=O)N3CCCCC3)ccc2N2CCCC2)c1. The Morgan fingerprint density at radius 3 is 2.26 bits per heavy atom. The first kappa shape index (κ1) is 23.8. The maximum Gasteiger partial charge on any atom is 0.257 e. The van der Waals surface area contributed by atoms with Crippen molar-refractivity contribution < 1.29 is 18.0 Å². The number of benzene rings is 2. The van der Waals surface area contributed by atoms with Gasteiger partial charge in [-0.15, -0.1) is 0 Å². The average Bonchev–Trinajstić information content (AvgIpc) is 3.52. The predicted octanol–water partition coefficient (Wildman–Crippen LogP) is 3.61. The van der Waals surface area contributed by atoms with Crippen LogP contribution >= 0.6 is 0 Å². The van der Waals surface area contributed by atoms with E-state index in [1.807, 2.05) is 0 Å². The lowest BCUT2D eigenvalue weighted by atomic mass is 10.1. The molecule has 35 heavy (non-hydrogen) atoms. The Labute approximate surface area is 206 Å². The molecular formula is C26H32N4O4S. The highest BCUT2D eigenvalue weighted by atomic mass is 32.2. The van der Waals surface area contributed by atoms with Crippen LogP contribution in [0.5, 0.6) is 0 Å². The number of piperidine rings is 1. The third-order valence-electron chi connectivity index (χ3n) is 6.91. The minimum absolute atomic E-state index is 0.144. The maximum absolute atomic E-state index is 13.5. The van der Waals surface area contributed by atoms with Crippen LogP contribution in [-0.4, -0.2) is 56.8 Å². The molecule has 2 aliphatic heterocycles. The molecule has 0 atom stereocenters. The van der Waals surface area contributed by atoms with Crippen LogP contribution in [0.4, 0.5) is 11.4 Å². The molecule has 3 fully saturated rings. The number of rotatable bonds is 7. The van der Waals surface area contributed by atoms with E-state index in [1.165, 1.54) is 10.4 Å². The summed E-state index contributed by atoms with van der Waals surface area (Å²) < 4.78 is 28.1. The van der Waals surface area contributed by atoms with Gasteiger partial charge in [-0.2, -0.15) is 4.31 Å². The second-order valence-electron chi connectivity index (χ2n) is 9.62. The number of amides is 2. The van der Waals surface area contributed by atoms with Gasteiger partial charge in [0.25, 0.3) is 11.8 Å². The molecule has 186 valence electrons. The summed E-state index contributed by atoms with van der Waals surface area (Å²) in [4.78, 5) is 28.2. The Balaban J connectivity index is 1.43. The van der Waals surface area contributed by atoms with E-state index in [0.29, 0.717) is 29.9 Å². The van der Waals surface area contributed by atoms with Crippen molar-refractivity contribution in [3.63, 3.8) is 0 Å². The van der Waals surface area contributed by atoms with E-state index >= 15 is 0 Å². The van der Waals surface area contributed by atoms with Crippen molar-refractivity contribution in [2.45, 2.75) is 55.9 Å². The average molecular weight is 497 g/mol. The summed E-state index contributed by atoms with van der Waals surface area (Å²) in [6.45, 7) is 2.67. The summed E-state index contributed by atoms with van der Waals surface area (Å²) in [5, 5.41) is 5.84. The summed E-state index contributed by atoms with van der Waals surface area (Å²) in [5.41, 5.74) is 2.05. The van der Waals surface area contributed by atoms with E-state index in [0.717, 1.165) is 63.7 Å². The molecule has 0 aromatic heterocycles. The largest absolute Gasteiger partial charge is 0.371 e. The van der Waals surface area contributed by atoms with Crippen LogP contribution in [0.25, 0.3) is 0 Å². The highest BCUT2D eigenvalue weighted by Gasteiger charge is 2.29. The highest BCUT2D eigenvalue weighted by molar-refractivity contribution is 7.89. The highest BCUT2D eigenvalue weighted by Crippen LogP contribution is 2.30. The molecule has 2 amide bonds. The Morgan fingerprint density at radius 2 is 1.54 bits per heavy atom. The second kappa shape index (κ2) is 9.99. The zero-order valence-electron chi connectivity index (χ0n) is 19.8. The molecule has 2 N–H and O–H groups in total. The van der Waals surface area contributed by atoms with Gasteiger partial charge in [0.2, 0.25) is 10.0 Å². The zero-order chi connectivity index (χ0) is 24.4. The molecule has 0 bridgehead atoms. The van der Waals surface area contributed by atoms with Gasteiger partial charge < -0.3 is 15.5 Å². The molecule has 0 radical (unpaired) electrons. The molecule has 1 aliphatic carbocycles. The van der Waals surface area contributed by atoms with Crippen molar-refractivity contribution >= 4 is 33.2 Å². The Hall–Kier alpha value is -2.91. The molecule has 2 aromatic rings. The first-order valence-electron chi connectivity index (χ1n) is 12.5. The van der Waals surface area contributed by atoms with Crippen LogP contribution in [0.1, 0.15) is 65.7 Å². The lowest BCUT2D eigenvalue weighted by Crippen LogP contribution is -2.35. The van der Waals surface area contributed by atoms with E-state index in [9.17, 15) is 18.0 Å². The first-order valence-corrected chi connectivity index (χ1v) is 14.0. The Kier molecular flexibility index (Phi) is 6.80. The quantitative estimate of drug-likeness (QED) is 0.610. The van der Waals surface area contributed by atoms with Gasteiger partial charge in [-0.25, -0.2) is 8.42 Å². The molecule has 1 saturated carbocycles. The van der Waals surface area contributed by atoms with Crippen molar-refractivity contribution in [2.75, 3.05) is 36.4 Å². The molecular weight excluding hydrogens is 464 g/mol. The summed E-state index contributed by atoms with van der Waals surface area (Å²) in [7, 11) is -3.67. The molecule has 3 aliphatic rings. The van der Waals surface area contributed by atoms with Crippen LogP contribution in [0.3, 0.4) is 0 Å². The fourth-order valence-electron chi connectivity index (χ4n) is 4.78. The van der Waals surface area contributed by atoms with Crippen molar-refractivity contribution in [3.8, 4) is 0 Å². The van der Waals surface area contributed by atoms with Gasteiger partial charge in [0.1, 0.15) is 0 Å². The number of nitrogens with one attached hydrogen (secondary N) is 2. The van der Waals surface area contributed by atoms with E-state index in [-0.39, 0.29) is 22.8 Å². The lowest BCUT2D eigenvalue weighted by Gasteiger charge is -2.27. The fraction of sp³-hybridized carbons (Fsp3) is 0.462. The van der Waals surface area contributed by atoms with Crippen LogP contribution in [-0.2, 0) is 10.0 Å². The van der Waals surface area contributed by atoms with Crippen molar-refractivity contribution in [2.24, 2.45) is 0 Å². The van der Waals surface area contributed by atoms with Gasteiger partial charge in [-0.1, -0.05) is 12.5 Å². The predicted molar refractivity (Wildman–Crippen MR) is 135 cm³/mol. The van der Waals surface area contributed by atoms with Crippen LogP contribution in [0.15, 0.2) is 47.4 Å². The molecule has 9 heteroatoms. The smallest absolute Gasteiger partial charge is 0.257 e. The zero-order valence-corrected chi connectivity index (χ0v) is 20.6. The van der Waals surface area contributed by atoms with Gasteiger partial charge in [-0.05, 0) is 74.9 Å². The van der Waals surface area contributed by atoms with Gasteiger partial charge in [0.15, 0.2) is 0 Å². The summed E-state index contributed by atoms with van der Waals surface area (Å²) in [6.07, 6.45) is 6.80. The normalized spacial score (nSPS) is 18.9. The van der Waals surface area contributed by atoms with Gasteiger partial charge in [0.05, 0.1) is 10.5 Å². The van der Waals surface area contributed by atoms with Crippen LogP contribution < -0.4 is 15.5 Å². The summed E-state index contributed by atoms with van der Waals surface area (Å²) >= 11 is 0. The van der Waals surface area contributed by atoms with Gasteiger partial charge in [-0.3, -0.25) is 9.59 Å². The third kappa shape index (κ3) is 5.36. The first-order chi connectivity index (χ1) is 16.9. The third-order valence-corrected chi connectivity index (χ3v) is 8.80. The fourth-order valence-corrected chi connectivity index (χ4v) is 6.32. The standard InChI is InChI=1S/C26H32N4O4S/c31-25(27-20-9-10-20)19-7-6-8-21(17-19)28-26(32)23-18-22(11-12-24(23)29-13-4-5-14-29)35(33,34)30-15-2-1-3-16-30/h6-8,11-12,17-18,20H,1-5,9-10,13-16H2,(H,27,31)(H,28,32). The number of carbonyl (C=O) groups is 2. The monoisotopic (exact) mass is 496 g/mol. The van der Waals surface area contributed by atoms with E-state index in [4.69, 9.17) is 0 Å². The van der Waals surface area contributed by atoms with Gasteiger partial charge >= 0.3 is 0 Å². The second-order valence-corrected chi connectivity index (χ2v) is 11.6. The van der Waals surface area contributed by atoms with Crippen molar-refractivity contribution in [1.29, 1.82) is 0 Å². The van der Waals surface area contributed by atoms with Crippen LogP contribution in [0.2, 0.25) is 0 Å². The summed E-state index contributed by atoms with van der Waals surface area (Å²) in [5.74, 6) is -0.543. The molecule has 0 spiro atoms. The molecule has 2 heterocycles. The number of hydrogen-bond acceptors (Lipinski definition) is 5. The van der Waals surface area contributed by atoms with Crippen molar-refractivity contribution in [3.05, 3.63) is 53.6 Å². The van der Waals surface area contributed by atoms with Crippen molar-refractivity contribution in [1.82, 2.24) is 9.62 Å². The Morgan fingerprint density at radius 1 is 0.829 bits per heavy atom. The number of nitrogens with zero attached hydrogens (tertiary/aromatic N) is 2. The molecule has 8 nitrogen and oxygen atoms in total. The number of carbonyl (C=O) groups excluding carboxylic acids is 2. The number of hydrogen-bond donors (Lipinski definition) is 2. The van der Waals surface area contributed by atoms with E-state index < -0.39 is 10.0 Å². The van der Waals surface area contributed by atoms with Crippen LogP contribution in [0, 0.1) is 0 Å². The van der Waals surface area contributed by atoms with Gasteiger partial charge in [0, 0.05) is 49.2 Å².